The second kappa shape index (κ2) is 2.73. The average Bonchev–Trinajstić information content (AvgIpc) is 2.23. The lowest BCUT2D eigenvalue weighted by Crippen LogP contribution is -2.45. The summed E-state index contributed by atoms with van der Waals surface area (Å²) < 4.78 is 0. The molecule has 2 heteroatoms. The van der Waals surface area contributed by atoms with Crippen molar-refractivity contribution in [1.29, 1.82) is 0 Å². The summed E-state index contributed by atoms with van der Waals surface area (Å²) in [4.78, 5) is 13.6. The predicted molar refractivity (Wildman–Crippen MR) is 52.3 cm³/mol. The van der Waals surface area contributed by atoms with Gasteiger partial charge in [0.05, 0.1) is 0 Å². The molecular formula is C11H19NO. The van der Waals surface area contributed by atoms with Crippen molar-refractivity contribution in [1.82, 2.24) is 4.90 Å². The van der Waals surface area contributed by atoms with Crippen LogP contribution >= 0.6 is 0 Å². The van der Waals surface area contributed by atoms with E-state index in [0.717, 1.165) is 6.42 Å². The smallest absolute Gasteiger partial charge is 0.223 e. The van der Waals surface area contributed by atoms with Crippen LogP contribution in [0.25, 0.3) is 0 Å². The lowest BCUT2D eigenvalue weighted by Gasteiger charge is -2.45. The number of likely N-dealkylation sites (tertiary alicyclic amines) is 1. The number of hydrogen-bond acceptors (Lipinski definition) is 1. The van der Waals surface area contributed by atoms with Crippen molar-refractivity contribution < 1.29 is 4.79 Å². The summed E-state index contributed by atoms with van der Waals surface area (Å²) in [6, 6.07) is 0.508. The Morgan fingerprint density at radius 1 is 1.46 bits per heavy atom. The lowest BCUT2D eigenvalue weighted by molar-refractivity contribution is -0.128. The highest BCUT2D eigenvalue weighted by Crippen LogP contribution is 2.54. The molecule has 2 aliphatic rings. The molecule has 1 amide bonds. The number of carbonyl (C=O) groups is 1. The molecule has 0 N–H and O–H groups in total. The van der Waals surface area contributed by atoms with Crippen molar-refractivity contribution in [3.05, 3.63) is 0 Å². The zero-order valence-corrected chi connectivity index (χ0v) is 8.84. The van der Waals surface area contributed by atoms with E-state index in [2.05, 4.69) is 13.8 Å². The molecule has 2 rings (SSSR count). The van der Waals surface area contributed by atoms with Gasteiger partial charge in [0.25, 0.3) is 0 Å². The van der Waals surface area contributed by atoms with E-state index in [0.29, 0.717) is 23.3 Å². The Balaban J connectivity index is 2.24. The Morgan fingerprint density at radius 3 is 2.38 bits per heavy atom. The minimum atomic E-state index is 0.360. The number of carbonyl (C=O) groups excluding carboxylic acids is 1. The molecule has 0 aromatic rings. The van der Waals surface area contributed by atoms with Gasteiger partial charge in [0.2, 0.25) is 5.91 Å². The minimum Gasteiger partial charge on any atom is -0.342 e. The average molecular weight is 181 g/mol. The fourth-order valence-electron chi connectivity index (χ4n) is 3.35. The zero-order valence-electron chi connectivity index (χ0n) is 8.84. The summed E-state index contributed by atoms with van der Waals surface area (Å²) in [5.74, 6) is 0.968. The van der Waals surface area contributed by atoms with E-state index in [1.54, 1.807) is 0 Å². The van der Waals surface area contributed by atoms with Crippen molar-refractivity contribution >= 4 is 5.91 Å². The highest BCUT2D eigenvalue weighted by atomic mass is 16.2. The topological polar surface area (TPSA) is 20.3 Å². The molecule has 1 saturated carbocycles. The van der Waals surface area contributed by atoms with Crippen LogP contribution in [0.5, 0.6) is 0 Å². The number of amides is 1. The molecule has 13 heavy (non-hydrogen) atoms. The van der Waals surface area contributed by atoms with E-state index in [9.17, 15) is 4.79 Å². The molecule has 0 bridgehead atoms. The van der Waals surface area contributed by atoms with E-state index >= 15 is 0 Å². The monoisotopic (exact) mass is 181 g/mol. The summed E-state index contributed by atoms with van der Waals surface area (Å²) in [6.07, 6.45) is 4.68. The first-order chi connectivity index (χ1) is 6.07. The van der Waals surface area contributed by atoms with Crippen LogP contribution in [0.4, 0.5) is 0 Å². The molecule has 1 aliphatic heterocycles. The third kappa shape index (κ3) is 1.11. The van der Waals surface area contributed by atoms with Crippen molar-refractivity contribution in [3.63, 3.8) is 0 Å². The highest BCUT2D eigenvalue weighted by molar-refractivity contribution is 5.80. The molecule has 0 radical (unpaired) electrons. The van der Waals surface area contributed by atoms with Crippen LogP contribution in [0.1, 0.15) is 39.5 Å². The largest absolute Gasteiger partial charge is 0.342 e. The molecule has 2 nitrogen and oxygen atoms in total. The minimum absolute atomic E-state index is 0.360. The lowest BCUT2D eigenvalue weighted by atomic mass is 9.61. The molecular weight excluding hydrogens is 162 g/mol. The molecule has 2 fully saturated rings. The first-order valence-electron chi connectivity index (χ1n) is 5.32. The third-order valence-electron chi connectivity index (χ3n) is 3.92. The van der Waals surface area contributed by atoms with Crippen molar-refractivity contribution in [3.8, 4) is 0 Å². The van der Waals surface area contributed by atoms with Gasteiger partial charge in [-0.05, 0) is 24.2 Å². The molecule has 1 atom stereocenters. The second-order valence-electron chi connectivity index (χ2n) is 5.09. The van der Waals surface area contributed by atoms with Gasteiger partial charge in [-0.15, -0.1) is 0 Å². The van der Waals surface area contributed by atoms with Crippen LogP contribution in [0, 0.1) is 11.3 Å². The van der Waals surface area contributed by atoms with Gasteiger partial charge in [0.15, 0.2) is 0 Å². The van der Waals surface area contributed by atoms with Gasteiger partial charge in [0.1, 0.15) is 0 Å². The summed E-state index contributed by atoms with van der Waals surface area (Å²) in [6.45, 7) is 4.47. The molecule has 74 valence electrons. The molecule has 1 unspecified atom stereocenters. The predicted octanol–water partition coefficient (Wildman–Crippen LogP) is 2.04. The van der Waals surface area contributed by atoms with Crippen molar-refractivity contribution in [2.24, 2.45) is 11.3 Å². The quantitative estimate of drug-likeness (QED) is 0.606. The maximum atomic E-state index is 11.6. The van der Waals surface area contributed by atoms with Gasteiger partial charge in [0, 0.05) is 19.5 Å². The van der Waals surface area contributed by atoms with Crippen LogP contribution in [-0.4, -0.2) is 23.9 Å². The number of hydrogen-bond donors (Lipinski definition) is 0. The second-order valence-corrected chi connectivity index (χ2v) is 5.09. The Labute approximate surface area is 80.3 Å². The maximum Gasteiger partial charge on any atom is 0.223 e. The molecule has 0 aromatic heterocycles. The summed E-state index contributed by atoms with van der Waals surface area (Å²) >= 11 is 0. The van der Waals surface area contributed by atoms with Crippen LogP contribution in [-0.2, 0) is 4.79 Å². The van der Waals surface area contributed by atoms with E-state index in [-0.39, 0.29) is 0 Å². The van der Waals surface area contributed by atoms with Gasteiger partial charge < -0.3 is 4.90 Å². The van der Waals surface area contributed by atoms with Gasteiger partial charge in [-0.3, -0.25) is 4.79 Å². The third-order valence-corrected chi connectivity index (χ3v) is 3.92. The molecule has 1 aliphatic carbocycles. The first-order valence-corrected chi connectivity index (χ1v) is 5.32. The zero-order chi connectivity index (χ0) is 9.64. The Bertz CT molecular complexity index is 230. The van der Waals surface area contributed by atoms with E-state index < -0.39 is 0 Å². The van der Waals surface area contributed by atoms with Crippen LogP contribution in [0.15, 0.2) is 0 Å². The van der Waals surface area contributed by atoms with E-state index in [1.807, 2.05) is 11.9 Å². The molecule has 0 aromatic carbocycles. The van der Waals surface area contributed by atoms with Crippen LogP contribution in [0.2, 0.25) is 0 Å². The molecule has 1 heterocycles. The normalized spacial score (nSPS) is 31.5. The van der Waals surface area contributed by atoms with Gasteiger partial charge in [-0.2, -0.15) is 0 Å². The fraction of sp³-hybridized carbons (Fsp3) is 0.909. The standard InChI is InChI=1S/C11H19NO/c1-8(2)10-11(5-4-6-11)7-9(13)12(10)3/h8,10H,4-7H2,1-3H3. The number of rotatable bonds is 1. The van der Waals surface area contributed by atoms with Gasteiger partial charge in [-0.1, -0.05) is 20.3 Å². The van der Waals surface area contributed by atoms with Crippen LogP contribution in [0.3, 0.4) is 0 Å². The molecule has 1 saturated heterocycles. The molecule has 1 spiro atoms. The van der Waals surface area contributed by atoms with Crippen molar-refractivity contribution in [2.45, 2.75) is 45.6 Å². The summed E-state index contributed by atoms with van der Waals surface area (Å²) in [7, 11) is 1.97. The summed E-state index contributed by atoms with van der Waals surface area (Å²) in [5, 5.41) is 0. The fourth-order valence-corrected chi connectivity index (χ4v) is 3.35. The van der Waals surface area contributed by atoms with Gasteiger partial charge >= 0.3 is 0 Å². The summed E-state index contributed by atoms with van der Waals surface area (Å²) in [5.41, 5.74) is 0.375. The Kier molecular flexibility index (Phi) is 1.90. The number of nitrogens with zero attached hydrogens (tertiary/aromatic N) is 1. The van der Waals surface area contributed by atoms with Crippen LogP contribution < -0.4 is 0 Å². The maximum absolute atomic E-state index is 11.6. The first kappa shape index (κ1) is 9.04. The Morgan fingerprint density at radius 2 is 2.08 bits per heavy atom. The SMILES string of the molecule is CC(C)C1N(C)C(=O)CC12CCC2. The van der Waals surface area contributed by atoms with Crippen molar-refractivity contribution in [2.75, 3.05) is 7.05 Å². The van der Waals surface area contributed by atoms with Gasteiger partial charge in [-0.25, -0.2) is 0 Å². The highest BCUT2D eigenvalue weighted by Gasteiger charge is 2.54. The van der Waals surface area contributed by atoms with E-state index in [1.165, 1.54) is 19.3 Å². The Hall–Kier alpha value is -0.530. The van der Waals surface area contributed by atoms with E-state index in [4.69, 9.17) is 0 Å².